The van der Waals surface area contributed by atoms with E-state index in [4.69, 9.17) is 17.3 Å². The summed E-state index contributed by atoms with van der Waals surface area (Å²) in [7, 11) is 0. The van der Waals surface area contributed by atoms with E-state index in [1.807, 2.05) is 0 Å². The Bertz CT molecular complexity index is 397. The van der Waals surface area contributed by atoms with Gasteiger partial charge in [-0.2, -0.15) is 0 Å². The summed E-state index contributed by atoms with van der Waals surface area (Å²) in [6.45, 7) is 1.64. The molecule has 0 aromatic heterocycles. The Kier molecular flexibility index (Phi) is 4.11. The van der Waals surface area contributed by atoms with Crippen molar-refractivity contribution in [2.24, 2.45) is 5.73 Å². The number of rotatable bonds is 3. The molecule has 0 saturated carbocycles. The first-order chi connectivity index (χ1) is 6.91. The summed E-state index contributed by atoms with van der Waals surface area (Å²) in [5.74, 6) is -0.818. The van der Waals surface area contributed by atoms with E-state index in [0.29, 0.717) is 22.6 Å². The maximum atomic E-state index is 13.1. The zero-order chi connectivity index (χ0) is 11.6. The van der Waals surface area contributed by atoms with Gasteiger partial charge in [0.15, 0.2) is 0 Å². The van der Waals surface area contributed by atoms with E-state index in [-0.39, 0.29) is 5.82 Å². The number of amides is 1. The molecule has 2 N–H and O–H groups in total. The van der Waals surface area contributed by atoms with Crippen molar-refractivity contribution >= 4 is 33.4 Å². The molecule has 1 amide bonds. The van der Waals surface area contributed by atoms with Crippen LogP contribution in [-0.2, 0) is 11.2 Å². The normalized spacial score (nSPS) is 12.5. The summed E-state index contributed by atoms with van der Waals surface area (Å²) >= 11 is 8.97. The fourth-order valence-corrected chi connectivity index (χ4v) is 1.74. The van der Waals surface area contributed by atoms with Gasteiger partial charge in [-0.15, -0.1) is 0 Å². The van der Waals surface area contributed by atoms with Gasteiger partial charge < -0.3 is 5.73 Å². The lowest BCUT2D eigenvalue weighted by atomic mass is 10.1. The van der Waals surface area contributed by atoms with E-state index in [0.717, 1.165) is 0 Å². The predicted molar refractivity (Wildman–Crippen MR) is 61.8 cm³/mol. The molecule has 0 saturated heterocycles. The van der Waals surface area contributed by atoms with Gasteiger partial charge in [-0.3, -0.25) is 4.79 Å². The standard InChI is InChI=1S/C10H10BrClFNO/c1-5-2-6(3-7(11)10(14)15)8(12)4-9(5)13/h2,4,7H,3H2,1H3,(H2,14,15). The molecule has 1 aromatic rings. The number of alkyl halides is 1. The molecule has 15 heavy (non-hydrogen) atoms. The van der Waals surface area contributed by atoms with Crippen molar-refractivity contribution in [2.45, 2.75) is 18.2 Å². The third-order valence-electron chi connectivity index (χ3n) is 2.04. The van der Waals surface area contributed by atoms with Gasteiger partial charge in [0.2, 0.25) is 5.91 Å². The van der Waals surface area contributed by atoms with Crippen LogP contribution < -0.4 is 5.73 Å². The van der Waals surface area contributed by atoms with Crippen molar-refractivity contribution in [1.29, 1.82) is 0 Å². The molecular weight excluding hydrogens is 284 g/mol. The second-order valence-electron chi connectivity index (χ2n) is 3.27. The summed E-state index contributed by atoms with van der Waals surface area (Å²) in [6, 6.07) is 2.86. The first-order valence-corrected chi connectivity index (χ1v) is 5.59. The summed E-state index contributed by atoms with van der Waals surface area (Å²) in [4.78, 5) is 10.3. The number of halogens is 3. The second kappa shape index (κ2) is 4.94. The molecule has 0 aliphatic carbocycles. The summed E-state index contributed by atoms with van der Waals surface area (Å²) in [5, 5.41) is 0.309. The van der Waals surface area contributed by atoms with E-state index >= 15 is 0 Å². The van der Waals surface area contributed by atoms with Crippen molar-refractivity contribution < 1.29 is 9.18 Å². The Labute approximate surface area is 101 Å². The van der Waals surface area contributed by atoms with Crippen molar-refractivity contribution in [2.75, 3.05) is 0 Å². The number of hydrogen-bond acceptors (Lipinski definition) is 1. The highest BCUT2D eigenvalue weighted by Crippen LogP contribution is 2.23. The van der Waals surface area contributed by atoms with E-state index in [2.05, 4.69) is 15.9 Å². The molecule has 1 aromatic carbocycles. The van der Waals surface area contributed by atoms with Crippen LogP contribution in [0.3, 0.4) is 0 Å². The Morgan fingerprint density at radius 2 is 2.27 bits per heavy atom. The highest BCUT2D eigenvalue weighted by Gasteiger charge is 2.14. The summed E-state index contributed by atoms with van der Waals surface area (Å²) < 4.78 is 13.1. The maximum absolute atomic E-state index is 13.1. The molecule has 0 heterocycles. The highest BCUT2D eigenvalue weighted by atomic mass is 79.9. The molecule has 0 spiro atoms. The zero-order valence-electron chi connectivity index (χ0n) is 8.06. The highest BCUT2D eigenvalue weighted by molar-refractivity contribution is 9.10. The van der Waals surface area contributed by atoms with Crippen LogP contribution in [0, 0.1) is 12.7 Å². The smallest absolute Gasteiger partial charge is 0.231 e. The maximum Gasteiger partial charge on any atom is 0.231 e. The molecule has 0 bridgehead atoms. The number of hydrogen-bond donors (Lipinski definition) is 1. The Morgan fingerprint density at radius 3 is 2.80 bits per heavy atom. The van der Waals surface area contributed by atoms with E-state index in [1.165, 1.54) is 6.07 Å². The number of carbonyl (C=O) groups is 1. The monoisotopic (exact) mass is 293 g/mol. The van der Waals surface area contributed by atoms with Crippen LogP contribution in [-0.4, -0.2) is 10.7 Å². The van der Waals surface area contributed by atoms with Gasteiger partial charge in [0, 0.05) is 5.02 Å². The van der Waals surface area contributed by atoms with E-state index in [1.54, 1.807) is 13.0 Å². The van der Waals surface area contributed by atoms with Gasteiger partial charge in [-0.25, -0.2) is 4.39 Å². The lowest BCUT2D eigenvalue weighted by molar-refractivity contribution is -0.117. The molecule has 1 atom stereocenters. The third-order valence-corrected chi connectivity index (χ3v) is 3.16. The first-order valence-electron chi connectivity index (χ1n) is 4.29. The van der Waals surface area contributed by atoms with Crippen LogP contribution >= 0.6 is 27.5 Å². The molecule has 2 nitrogen and oxygen atoms in total. The molecule has 5 heteroatoms. The van der Waals surface area contributed by atoms with Crippen LogP contribution in [0.15, 0.2) is 12.1 Å². The van der Waals surface area contributed by atoms with Crippen LogP contribution in [0.4, 0.5) is 4.39 Å². The molecule has 0 aliphatic rings. The fourth-order valence-electron chi connectivity index (χ4n) is 1.17. The van der Waals surface area contributed by atoms with Gasteiger partial charge >= 0.3 is 0 Å². The zero-order valence-corrected chi connectivity index (χ0v) is 10.4. The number of carbonyl (C=O) groups excluding carboxylic acids is 1. The Balaban J connectivity index is 2.95. The van der Waals surface area contributed by atoms with Gasteiger partial charge in [0.25, 0.3) is 0 Å². The van der Waals surface area contributed by atoms with Gasteiger partial charge in [0.1, 0.15) is 5.82 Å². The van der Waals surface area contributed by atoms with Crippen LogP contribution in [0.2, 0.25) is 5.02 Å². The topological polar surface area (TPSA) is 43.1 Å². The average molecular weight is 295 g/mol. The third kappa shape index (κ3) is 3.18. The van der Waals surface area contributed by atoms with Crippen molar-refractivity contribution in [1.82, 2.24) is 0 Å². The van der Waals surface area contributed by atoms with E-state index in [9.17, 15) is 9.18 Å². The number of primary amides is 1. The predicted octanol–water partition coefficient (Wildman–Crippen LogP) is 2.58. The molecule has 0 aliphatic heterocycles. The van der Waals surface area contributed by atoms with Crippen molar-refractivity contribution in [3.05, 3.63) is 34.1 Å². The van der Waals surface area contributed by atoms with Gasteiger partial charge in [0.05, 0.1) is 4.83 Å². The minimum Gasteiger partial charge on any atom is -0.369 e. The second-order valence-corrected chi connectivity index (χ2v) is 4.78. The molecular formula is C10H10BrClFNO. The Morgan fingerprint density at radius 1 is 1.67 bits per heavy atom. The minimum atomic E-state index is -0.486. The molecule has 0 radical (unpaired) electrons. The molecule has 1 unspecified atom stereocenters. The Hall–Kier alpha value is -0.610. The van der Waals surface area contributed by atoms with Crippen molar-refractivity contribution in [3.8, 4) is 0 Å². The lowest BCUT2D eigenvalue weighted by Gasteiger charge is -2.09. The SMILES string of the molecule is Cc1cc(CC(Br)C(N)=O)c(Cl)cc1F. The molecule has 1 rings (SSSR count). The van der Waals surface area contributed by atoms with Crippen LogP contribution in [0.25, 0.3) is 0 Å². The average Bonchev–Trinajstić information content (AvgIpc) is 2.13. The first kappa shape index (κ1) is 12.5. The summed E-state index contributed by atoms with van der Waals surface area (Å²) in [6.07, 6.45) is 0.356. The number of aryl methyl sites for hydroxylation is 1. The number of nitrogens with two attached hydrogens (primary N) is 1. The van der Waals surface area contributed by atoms with E-state index < -0.39 is 10.7 Å². The van der Waals surface area contributed by atoms with Gasteiger partial charge in [-0.05, 0) is 30.5 Å². The minimum absolute atomic E-state index is 0.309. The largest absolute Gasteiger partial charge is 0.369 e. The molecule has 0 fully saturated rings. The molecule has 82 valence electrons. The lowest BCUT2D eigenvalue weighted by Crippen LogP contribution is -2.25. The van der Waals surface area contributed by atoms with Crippen LogP contribution in [0.5, 0.6) is 0 Å². The number of benzene rings is 1. The quantitative estimate of drug-likeness (QED) is 0.856. The summed E-state index contributed by atoms with van der Waals surface area (Å²) in [5.41, 5.74) is 6.30. The fraction of sp³-hybridized carbons (Fsp3) is 0.300. The van der Waals surface area contributed by atoms with Gasteiger partial charge in [-0.1, -0.05) is 33.6 Å². The van der Waals surface area contributed by atoms with Crippen LogP contribution in [0.1, 0.15) is 11.1 Å². The van der Waals surface area contributed by atoms with Crippen molar-refractivity contribution in [3.63, 3.8) is 0 Å².